The summed E-state index contributed by atoms with van der Waals surface area (Å²) in [5.41, 5.74) is -0.565. The van der Waals surface area contributed by atoms with Gasteiger partial charge < -0.3 is 10.1 Å². The molecule has 0 heterocycles. The zero-order chi connectivity index (χ0) is 13.0. The van der Waals surface area contributed by atoms with E-state index in [1.807, 2.05) is 0 Å². The third-order valence-corrected chi connectivity index (χ3v) is 2.01. The molecule has 0 aromatic carbocycles. The molecule has 0 saturated carbocycles. The lowest BCUT2D eigenvalue weighted by molar-refractivity contribution is 0.0518. The van der Waals surface area contributed by atoms with Crippen LogP contribution in [0.3, 0.4) is 0 Å². The van der Waals surface area contributed by atoms with E-state index < -0.39 is 27.6 Å². The lowest BCUT2D eigenvalue weighted by Gasteiger charge is -2.20. The molecule has 5 nitrogen and oxygen atoms in total. The number of amides is 1. The first-order valence-corrected chi connectivity index (χ1v) is 6.83. The Bertz CT molecular complexity index is 365. The van der Waals surface area contributed by atoms with Gasteiger partial charge in [0.2, 0.25) is 0 Å². The second kappa shape index (κ2) is 5.34. The van der Waals surface area contributed by atoms with Crippen LogP contribution in [0.25, 0.3) is 0 Å². The summed E-state index contributed by atoms with van der Waals surface area (Å²) in [5, 5.41) is 3.55. The molecule has 1 amide bonds. The van der Waals surface area contributed by atoms with Crippen LogP contribution in [0.1, 0.15) is 27.7 Å². The predicted molar refractivity (Wildman–Crippen MR) is 62.8 cm³/mol. The van der Waals surface area contributed by atoms with Crippen LogP contribution >= 0.6 is 0 Å². The third-order valence-electron chi connectivity index (χ3n) is 1.36. The molecule has 0 aromatic heterocycles. The van der Waals surface area contributed by atoms with Crippen LogP contribution in [-0.4, -0.2) is 32.4 Å². The van der Waals surface area contributed by atoms with Gasteiger partial charge in [-0.05, 0) is 27.7 Å². The number of ether oxygens (including phenoxy) is 1. The first-order chi connectivity index (χ1) is 6.99. The Balaban J connectivity index is 4.22. The van der Waals surface area contributed by atoms with E-state index in [-0.39, 0.29) is 0 Å². The quantitative estimate of drug-likeness (QED) is 0.821. The number of rotatable bonds is 3. The Labute approximate surface area is 96.8 Å². The molecule has 0 unspecified atom stereocenters. The molecular weight excluding hydrogens is 230 g/mol. The van der Waals surface area contributed by atoms with Crippen LogP contribution in [0, 0.1) is 0 Å². The molecule has 94 valence electrons. The largest absolute Gasteiger partial charge is 0.444 e. The van der Waals surface area contributed by atoms with Gasteiger partial charge in [0.05, 0.1) is 0 Å². The number of hydrogen-bond acceptors (Lipinski definition) is 4. The van der Waals surface area contributed by atoms with Crippen molar-refractivity contribution < 1.29 is 17.9 Å². The van der Waals surface area contributed by atoms with Crippen molar-refractivity contribution in [3.63, 3.8) is 0 Å². The van der Waals surface area contributed by atoms with Gasteiger partial charge in [-0.3, -0.25) is 0 Å². The fourth-order valence-corrected chi connectivity index (χ4v) is 1.32. The Hall–Kier alpha value is -1.04. The molecule has 0 aliphatic rings. The number of alkyl carbamates (subject to hydrolysis) is 1. The van der Waals surface area contributed by atoms with Gasteiger partial charge in [-0.1, -0.05) is 6.08 Å². The highest BCUT2D eigenvalue weighted by molar-refractivity contribution is 7.93. The number of carbonyl (C=O) groups is 1. The molecule has 0 fully saturated rings. The van der Waals surface area contributed by atoms with Crippen molar-refractivity contribution in [3.05, 3.63) is 11.5 Å². The van der Waals surface area contributed by atoms with E-state index >= 15 is 0 Å². The van der Waals surface area contributed by atoms with Gasteiger partial charge in [-0.25, -0.2) is 13.2 Å². The Kier molecular flexibility index (Phi) is 4.99. The molecule has 0 aliphatic carbocycles. The highest BCUT2D eigenvalue weighted by atomic mass is 32.2. The molecule has 0 aromatic rings. The van der Waals surface area contributed by atoms with E-state index in [1.165, 1.54) is 6.08 Å². The van der Waals surface area contributed by atoms with Crippen LogP contribution < -0.4 is 5.32 Å². The van der Waals surface area contributed by atoms with Crippen molar-refractivity contribution in [2.24, 2.45) is 0 Å². The molecule has 0 spiro atoms. The maximum absolute atomic E-state index is 11.3. The summed E-state index contributed by atoms with van der Waals surface area (Å²) >= 11 is 0. The summed E-state index contributed by atoms with van der Waals surface area (Å²) in [6.07, 6.45) is 1.90. The zero-order valence-electron chi connectivity index (χ0n) is 10.3. The van der Waals surface area contributed by atoms with Crippen LogP contribution in [0.15, 0.2) is 11.5 Å². The van der Waals surface area contributed by atoms with Crippen LogP contribution in [0.2, 0.25) is 0 Å². The summed E-state index contributed by atoms with van der Waals surface area (Å²) < 4.78 is 26.6. The van der Waals surface area contributed by atoms with Crippen LogP contribution in [0.4, 0.5) is 4.79 Å². The molecule has 0 saturated heterocycles. The first-order valence-electron chi connectivity index (χ1n) is 4.87. The fourth-order valence-electron chi connectivity index (χ4n) is 0.802. The standard InChI is InChI=1S/C10H19NO4S/c1-8(6-7-16(5,13)14)11-9(12)15-10(2,3)4/h6-8H,1-5H3,(H,11,12)/b7-6+/t8-/m0/s1. The number of nitrogens with one attached hydrogen (secondary N) is 1. The Morgan fingerprint density at radius 3 is 2.25 bits per heavy atom. The molecule has 16 heavy (non-hydrogen) atoms. The summed E-state index contributed by atoms with van der Waals surface area (Å²) in [6, 6.07) is -0.399. The van der Waals surface area contributed by atoms with Crippen molar-refractivity contribution in [1.82, 2.24) is 5.32 Å². The number of sulfone groups is 1. The van der Waals surface area contributed by atoms with E-state index in [2.05, 4.69) is 5.32 Å². The minimum absolute atomic E-state index is 0.399. The highest BCUT2D eigenvalue weighted by Gasteiger charge is 2.16. The topological polar surface area (TPSA) is 72.5 Å². The second-order valence-corrected chi connectivity index (χ2v) is 6.52. The van der Waals surface area contributed by atoms with Gasteiger partial charge in [0, 0.05) is 17.7 Å². The van der Waals surface area contributed by atoms with Crippen molar-refractivity contribution >= 4 is 15.9 Å². The van der Waals surface area contributed by atoms with E-state index in [4.69, 9.17) is 4.74 Å². The lowest BCUT2D eigenvalue weighted by atomic mass is 10.2. The highest BCUT2D eigenvalue weighted by Crippen LogP contribution is 2.06. The van der Waals surface area contributed by atoms with Gasteiger partial charge in [-0.15, -0.1) is 0 Å². The molecule has 0 aliphatic heterocycles. The van der Waals surface area contributed by atoms with Crippen LogP contribution in [0.5, 0.6) is 0 Å². The molecular formula is C10H19NO4S. The van der Waals surface area contributed by atoms with Crippen molar-refractivity contribution in [3.8, 4) is 0 Å². The van der Waals surface area contributed by atoms with E-state index in [9.17, 15) is 13.2 Å². The molecule has 6 heteroatoms. The minimum atomic E-state index is -3.16. The van der Waals surface area contributed by atoms with E-state index in [0.717, 1.165) is 11.7 Å². The maximum Gasteiger partial charge on any atom is 0.408 e. The van der Waals surface area contributed by atoms with Crippen molar-refractivity contribution in [2.75, 3.05) is 6.26 Å². The average molecular weight is 249 g/mol. The Morgan fingerprint density at radius 2 is 1.88 bits per heavy atom. The average Bonchev–Trinajstić information content (AvgIpc) is 1.95. The second-order valence-electron chi connectivity index (χ2n) is 4.59. The summed E-state index contributed by atoms with van der Waals surface area (Å²) in [4.78, 5) is 11.3. The summed E-state index contributed by atoms with van der Waals surface area (Å²) in [6.45, 7) is 6.92. The molecule has 0 rings (SSSR count). The van der Waals surface area contributed by atoms with E-state index in [0.29, 0.717) is 0 Å². The lowest BCUT2D eigenvalue weighted by Crippen LogP contribution is -2.36. The normalized spacial score (nSPS) is 14.8. The zero-order valence-corrected chi connectivity index (χ0v) is 11.1. The van der Waals surface area contributed by atoms with Gasteiger partial charge in [0.1, 0.15) is 5.60 Å². The minimum Gasteiger partial charge on any atom is -0.444 e. The van der Waals surface area contributed by atoms with E-state index in [1.54, 1.807) is 27.7 Å². The molecule has 1 N–H and O–H groups in total. The molecule has 0 radical (unpaired) electrons. The van der Waals surface area contributed by atoms with Crippen molar-refractivity contribution in [2.45, 2.75) is 39.3 Å². The fraction of sp³-hybridized carbons (Fsp3) is 0.700. The first kappa shape index (κ1) is 15.0. The number of carbonyl (C=O) groups excluding carboxylic acids is 1. The SMILES string of the molecule is C[C@@H](/C=C/S(C)(=O)=O)NC(=O)OC(C)(C)C. The van der Waals surface area contributed by atoms with Gasteiger partial charge >= 0.3 is 6.09 Å². The Morgan fingerprint density at radius 1 is 1.38 bits per heavy atom. The summed E-state index contributed by atoms with van der Waals surface area (Å²) in [7, 11) is -3.16. The smallest absolute Gasteiger partial charge is 0.408 e. The van der Waals surface area contributed by atoms with Gasteiger partial charge in [-0.2, -0.15) is 0 Å². The number of hydrogen-bond donors (Lipinski definition) is 1. The van der Waals surface area contributed by atoms with Crippen LogP contribution in [-0.2, 0) is 14.6 Å². The van der Waals surface area contributed by atoms with Gasteiger partial charge in [0.15, 0.2) is 9.84 Å². The maximum atomic E-state index is 11.3. The molecule has 0 bridgehead atoms. The predicted octanol–water partition coefficient (Wildman–Crippen LogP) is 1.46. The third kappa shape index (κ3) is 9.51. The molecule has 1 atom stereocenters. The van der Waals surface area contributed by atoms with Gasteiger partial charge in [0.25, 0.3) is 0 Å². The van der Waals surface area contributed by atoms with Crippen molar-refractivity contribution in [1.29, 1.82) is 0 Å². The summed E-state index contributed by atoms with van der Waals surface area (Å²) in [5.74, 6) is 0. The monoisotopic (exact) mass is 249 g/mol.